The van der Waals surface area contributed by atoms with Crippen molar-refractivity contribution in [2.75, 3.05) is 14.2 Å². The summed E-state index contributed by atoms with van der Waals surface area (Å²) in [7, 11) is 3.09. The van der Waals surface area contributed by atoms with E-state index in [9.17, 15) is 9.59 Å². The summed E-state index contributed by atoms with van der Waals surface area (Å²) in [6.45, 7) is 1.99. The first-order valence-corrected chi connectivity index (χ1v) is 10.0. The van der Waals surface area contributed by atoms with E-state index in [1.54, 1.807) is 19.3 Å². The van der Waals surface area contributed by atoms with Gasteiger partial charge in [-0.25, -0.2) is 0 Å². The number of fused-ring (bicyclic) bond motifs is 1. The third-order valence-electron chi connectivity index (χ3n) is 4.66. The summed E-state index contributed by atoms with van der Waals surface area (Å²) in [5.41, 5.74) is 2.22. The first-order chi connectivity index (χ1) is 14.5. The smallest absolute Gasteiger partial charge is 0.296 e. The monoisotopic (exact) mass is 421 g/mol. The van der Waals surface area contributed by atoms with E-state index in [0.29, 0.717) is 28.0 Å². The summed E-state index contributed by atoms with van der Waals surface area (Å²) in [5, 5.41) is 4.29. The number of hydrogen-bond donors (Lipinski definition) is 0. The second kappa shape index (κ2) is 8.08. The van der Waals surface area contributed by atoms with E-state index < -0.39 is 5.56 Å². The first-order valence-electron chi connectivity index (χ1n) is 9.21. The van der Waals surface area contributed by atoms with Crippen molar-refractivity contribution in [3.8, 4) is 11.5 Å². The van der Waals surface area contributed by atoms with Crippen molar-refractivity contribution in [2.45, 2.75) is 13.3 Å². The van der Waals surface area contributed by atoms with E-state index in [2.05, 4.69) is 10.1 Å². The van der Waals surface area contributed by atoms with Gasteiger partial charge < -0.3 is 9.47 Å². The van der Waals surface area contributed by atoms with Crippen molar-refractivity contribution in [3.63, 3.8) is 0 Å². The Kier molecular flexibility index (Phi) is 5.33. The van der Waals surface area contributed by atoms with Crippen molar-refractivity contribution in [1.82, 2.24) is 14.6 Å². The fourth-order valence-corrected chi connectivity index (χ4v) is 4.01. The SMILES string of the molecule is COc1cccc(/C=c2\sc3nc(=O)c(Cc4ccc(C)cc4)nn3c2=O)c1OC. The summed E-state index contributed by atoms with van der Waals surface area (Å²) in [6, 6.07) is 13.2. The van der Waals surface area contributed by atoms with Gasteiger partial charge in [0.2, 0.25) is 4.96 Å². The van der Waals surface area contributed by atoms with Crippen LogP contribution < -0.4 is 25.1 Å². The number of hydrogen-bond acceptors (Lipinski definition) is 7. The van der Waals surface area contributed by atoms with Crippen LogP contribution in [0.3, 0.4) is 0 Å². The molecule has 0 aliphatic carbocycles. The molecule has 2 aromatic carbocycles. The summed E-state index contributed by atoms with van der Waals surface area (Å²) in [5.74, 6) is 1.08. The molecule has 0 amide bonds. The van der Waals surface area contributed by atoms with Crippen molar-refractivity contribution < 1.29 is 9.47 Å². The number of benzene rings is 2. The lowest BCUT2D eigenvalue weighted by Gasteiger charge is -2.09. The second-order valence-electron chi connectivity index (χ2n) is 6.72. The van der Waals surface area contributed by atoms with Crippen LogP contribution in [0.2, 0.25) is 0 Å². The van der Waals surface area contributed by atoms with E-state index >= 15 is 0 Å². The highest BCUT2D eigenvalue weighted by molar-refractivity contribution is 7.15. The van der Waals surface area contributed by atoms with Crippen LogP contribution >= 0.6 is 11.3 Å². The van der Waals surface area contributed by atoms with Gasteiger partial charge in [0.15, 0.2) is 11.5 Å². The van der Waals surface area contributed by atoms with E-state index in [1.165, 1.54) is 11.6 Å². The molecule has 8 heteroatoms. The molecular formula is C22H19N3O4S. The van der Waals surface area contributed by atoms with E-state index in [-0.39, 0.29) is 16.2 Å². The summed E-state index contributed by atoms with van der Waals surface area (Å²) in [4.78, 5) is 29.7. The maximum absolute atomic E-state index is 12.9. The average molecular weight is 421 g/mol. The fraction of sp³-hybridized carbons (Fsp3) is 0.182. The number of ether oxygens (including phenoxy) is 2. The Bertz CT molecular complexity index is 1390. The number of rotatable bonds is 5. The van der Waals surface area contributed by atoms with Crippen molar-refractivity contribution in [1.29, 1.82) is 0 Å². The number of aryl methyl sites for hydroxylation is 1. The Labute approximate surface area is 175 Å². The summed E-state index contributed by atoms with van der Waals surface area (Å²) >= 11 is 1.11. The molecule has 2 aromatic heterocycles. The highest BCUT2D eigenvalue weighted by Crippen LogP contribution is 2.31. The Balaban J connectivity index is 1.82. The zero-order valence-electron chi connectivity index (χ0n) is 16.7. The fourth-order valence-electron chi connectivity index (χ4n) is 3.12. The minimum Gasteiger partial charge on any atom is -0.493 e. The summed E-state index contributed by atoms with van der Waals surface area (Å²) in [6.07, 6.45) is 2.00. The highest BCUT2D eigenvalue weighted by atomic mass is 32.1. The van der Waals surface area contributed by atoms with Crippen LogP contribution in [-0.4, -0.2) is 28.8 Å². The third-order valence-corrected chi connectivity index (χ3v) is 5.62. The van der Waals surface area contributed by atoms with E-state index in [0.717, 1.165) is 22.5 Å². The van der Waals surface area contributed by atoms with Gasteiger partial charge in [0.05, 0.1) is 18.8 Å². The summed E-state index contributed by atoms with van der Waals surface area (Å²) < 4.78 is 12.3. The largest absolute Gasteiger partial charge is 0.493 e. The molecule has 4 rings (SSSR count). The predicted molar refractivity (Wildman–Crippen MR) is 116 cm³/mol. The van der Waals surface area contributed by atoms with Crippen molar-refractivity contribution in [2.24, 2.45) is 0 Å². The van der Waals surface area contributed by atoms with Crippen LogP contribution in [0.1, 0.15) is 22.4 Å². The first kappa shape index (κ1) is 19.8. The van der Waals surface area contributed by atoms with E-state index in [1.807, 2.05) is 43.3 Å². The minimum atomic E-state index is -0.428. The van der Waals surface area contributed by atoms with Gasteiger partial charge in [-0.3, -0.25) is 9.59 Å². The van der Waals surface area contributed by atoms with Crippen molar-refractivity contribution >= 4 is 22.4 Å². The lowest BCUT2D eigenvalue weighted by atomic mass is 10.1. The molecule has 0 unspecified atom stereocenters. The van der Waals surface area contributed by atoms with Crippen LogP contribution in [0.5, 0.6) is 11.5 Å². The van der Waals surface area contributed by atoms with Crippen LogP contribution in [0.25, 0.3) is 11.0 Å². The average Bonchev–Trinajstić information content (AvgIpc) is 3.04. The molecule has 0 saturated carbocycles. The molecule has 4 aromatic rings. The van der Waals surface area contributed by atoms with Crippen LogP contribution in [0.4, 0.5) is 0 Å². The lowest BCUT2D eigenvalue weighted by Crippen LogP contribution is -2.28. The van der Waals surface area contributed by atoms with Crippen LogP contribution in [0, 0.1) is 6.92 Å². The van der Waals surface area contributed by atoms with Gasteiger partial charge in [0, 0.05) is 12.0 Å². The molecule has 0 aliphatic rings. The van der Waals surface area contributed by atoms with Gasteiger partial charge in [0.1, 0.15) is 5.69 Å². The molecule has 0 N–H and O–H groups in total. The Hall–Kier alpha value is -3.52. The molecule has 0 spiro atoms. The molecule has 30 heavy (non-hydrogen) atoms. The van der Waals surface area contributed by atoms with Gasteiger partial charge in [-0.1, -0.05) is 53.3 Å². The molecule has 7 nitrogen and oxygen atoms in total. The van der Waals surface area contributed by atoms with Gasteiger partial charge in [0.25, 0.3) is 11.1 Å². The second-order valence-corrected chi connectivity index (χ2v) is 7.73. The van der Waals surface area contributed by atoms with Crippen LogP contribution in [0.15, 0.2) is 52.1 Å². The molecule has 0 bridgehead atoms. The third kappa shape index (κ3) is 3.69. The molecule has 152 valence electrons. The van der Waals surface area contributed by atoms with Gasteiger partial charge in [-0.15, -0.1) is 0 Å². The zero-order valence-corrected chi connectivity index (χ0v) is 17.5. The molecule has 0 radical (unpaired) electrons. The number of methoxy groups -OCH3 is 2. The standard InChI is InChI=1S/C22H19N3O4S/c1-13-7-9-14(10-8-13)11-16-20(26)23-22-25(24-16)21(27)18(30-22)12-15-5-4-6-17(28-2)19(15)29-3/h4-10,12H,11H2,1-3H3/b18-12-. The maximum Gasteiger partial charge on any atom is 0.296 e. The molecule has 0 fully saturated rings. The van der Waals surface area contributed by atoms with Gasteiger partial charge in [-0.05, 0) is 24.6 Å². The highest BCUT2D eigenvalue weighted by Gasteiger charge is 2.13. The van der Waals surface area contributed by atoms with Crippen molar-refractivity contribution in [3.05, 3.63) is 90.1 Å². The Morgan fingerprint density at radius 2 is 1.83 bits per heavy atom. The molecule has 0 aliphatic heterocycles. The van der Waals surface area contributed by atoms with Gasteiger partial charge in [-0.2, -0.15) is 14.6 Å². The Morgan fingerprint density at radius 3 is 2.53 bits per heavy atom. The lowest BCUT2D eigenvalue weighted by molar-refractivity contribution is 0.354. The van der Waals surface area contributed by atoms with Gasteiger partial charge >= 0.3 is 0 Å². The quantitative estimate of drug-likeness (QED) is 0.490. The zero-order chi connectivity index (χ0) is 21.3. The predicted octanol–water partition coefficient (Wildman–Crippen LogP) is 1.98. The Morgan fingerprint density at radius 1 is 1.07 bits per heavy atom. The maximum atomic E-state index is 12.9. The molecular weight excluding hydrogens is 402 g/mol. The minimum absolute atomic E-state index is 0.233. The normalized spacial score (nSPS) is 11.8. The number of thiazole rings is 1. The molecule has 0 atom stereocenters. The van der Waals surface area contributed by atoms with Crippen LogP contribution in [-0.2, 0) is 6.42 Å². The topological polar surface area (TPSA) is 82.8 Å². The van der Waals surface area contributed by atoms with E-state index in [4.69, 9.17) is 9.47 Å². The number of aromatic nitrogens is 3. The number of para-hydroxylation sites is 1. The number of nitrogens with zero attached hydrogens (tertiary/aromatic N) is 3. The molecule has 0 saturated heterocycles. The molecule has 2 heterocycles.